The van der Waals surface area contributed by atoms with Gasteiger partial charge in [0.05, 0.1) is 13.2 Å². The van der Waals surface area contributed by atoms with Gasteiger partial charge in [-0.2, -0.15) is 0 Å². The first kappa shape index (κ1) is 17.2. The maximum absolute atomic E-state index is 5.77. The molecule has 0 amide bonds. The van der Waals surface area contributed by atoms with E-state index in [9.17, 15) is 0 Å². The predicted octanol–water partition coefficient (Wildman–Crippen LogP) is 5.62. The minimum atomic E-state index is 0.104. The third kappa shape index (κ3) is 4.65. The molecule has 0 saturated heterocycles. The minimum absolute atomic E-state index is 0.104. The van der Waals surface area contributed by atoms with E-state index in [1.54, 1.807) is 7.11 Å². The van der Waals surface area contributed by atoms with Gasteiger partial charge >= 0.3 is 0 Å². The first-order valence-electron chi connectivity index (χ1n) is 7.02. The highest BCUT2D eigenvalue weighted by molar-refractivity contribution is 9.10. The summed E-state index contributed by atoms with van der Waals surface area (Å²) >= 11 is 7.04. The molecule has 0 aliphatic rings. The third-order valence-electron chi connectivity index (χ3n) is 3.02. The molecule has 2 rings (SSSR count). The molecule has 1 N–H and O–H groups in total. The average Bonchev–Trinajstić information content (AvgIpc) is 2.47. The fourth-order valence-electron chi connectivity index (χ4n) is 1.98. The first-order valence-corrected chi connectivity index (χ1v) is 8.60. The Morgan fingerprint density at radius 1 is 1.05 bits per heavy atom. The van der Waals surface area contributed by atoms with E-state index in [4.69, 9.17) is 9.47 Å². The molecule has 0 atom stereocenters. The molecule has 0 heterocycles. The van der Waals surface area contributed by atoms with E-state index in [2.05, 4.69) is 37.2 Å². The van der Waals surface area contributed by atoms with Gasteiger partial charge in [0, 0.05) is 21.2 Å². The molecule has 2 aromatic carbocycles. The van der Waals surface area contributed by atoms with Crippen molar-refractivity contribution in [2.75, 3.05) is 12.4 Å². The number of hydrogen-bond donors (Lipinski definition) is 1. The molecule has 0 aliphatic heterocycles. The zero-order valence-corrected chi connectivity index (χ0v) is 16.0. The molecule has 0 bridgehead atoms. The summed E-state index contributed by atoms with van der Waals surface area (Å²) in [5, 5.41) is 3.39. The van der Waals surface area contributed by atoms with Crippen molar-refractivity contribution < 1.29 is 9.47 Å². The Morgan fingerprint density at radius 3 is 2.32 bits per heavy atom. The molecule has 0 spiro atoms. The van der Waals surface area contributed by atoms with E-state index in [1.165, 1.54) is 0 Å². The summed E-state index contributed by atoms with van der Waals surface area (Å²) in [6.07, 6.45) is 0.104. The fourth-order valence-corrected chi connectivity index (χ4v) is 2.71. The molecule has 118 valence electrons. The topological polar surface area (TPSA) is 30.5 Å². The summed E-state index contributed by atoms with van der Waals surface area (Å²) in [7, 11) is 1.66. The lowest BCUT2D eigenvalue weighted by Gasteiger charge is -2.16. The second kappa shape index (κ2) is 7.88. The third-order valence-corrected chi connectivity index (χ3v) is 4.29. The van der Waals surface area contributed by atoms with E-state index in [0.29, 0.717) is 6.54 Å². The quantitative estimate of drug-likeness (QED) is 0.647. The molecule has 0 fully saturated rings. The molecule has 0 radical (unpaired) electrons. The molecule has 3 nitrogen and oxygen atoms in total. The highest BCUT2D eigenvalue weighted by atomic mass is 79.9. The Bertz CT molecular complexity index is 627. The lowest BCUT2D eigenvalue weighted by atomic mass is 10.2. The van der Waals surface area contributed by atoms with Crippen molar-refractivity contribution in [3.63, 3.8) is 0 Å². The maximum atomic E-state index is 5.77. The van der Waals surface area contributed by atoms with Gasteiger partial charge in [0.2, 0.25) is 0 Å². The molecular weight excluding hydrogens is 410 g/mol. The van der Waals surface area contributed by atoms with Crippen LogP contribution in [-0.2, 0) is 6.54 Å². The number of halogens is 2. The maximum Gasteiger partial charge on any atom is 0.162 e. The Labute approximate surface area is 148 Å². The van der Waals surface area contributed by atoms with Crippen LogP contribution in [0.2, 0.25) is 0 Å². The Hall–Kier alpha value is -1.20. The van der Waals surface area contributed by atoms with Crippen molar-refractivity contribution in [3.05, 3.63) is 50.9 Å². The highest BCUT2D eigenvalue weighted by Crippen LogP contribution is 2.34. The van der Waals surface area contributed by atoms with Crippen molar-refractivity contribution in [1.29, 1.82) is 0 Å². The van der Waals surface area contributed by atoms with Gasteiger partial charge in [-0.25, -0.2) is 0 Å². The van der Waals surface area contributed by atoms with Gasteiger partial charge in [-0.05, 0) is 55.8 Å². The summed E-state index contributed by atoms with van der Waals surface area (Å²) in [6.45, 7) is 4.69. The van der Waals surface area contributed by atoms with Gasteiger partial charge in [-0.3, -0.25) is 0 Å². The van der Waals surface area contributed by atoms with E-state index < -0.39 is 0 Å². The molecule has 0 aromatic heterocycles. The standard InChI is InChI=1S/C17H19Br2NO2/c1-11(2)22-17-9-15(19)12(8-16(17)21-3)10-20-14-6-4-13(18)5-7-14/h4-9,11,20H,10H2,1-3H3. The SMILES string of the molecule is COc1cc(CNc2ccc(Br)cc2)c(Br)cc1OC(C)C. The monoisotopic (exact) mass is 427 g/mol. The summed E-state index contributed by atoms with van der Waals surface area (Å²) in [4.78, 5) is 0. The Kier molecular flexibility index (Phi) is 6.15. The number of benzene rings is 2. The van der Waals surface area contributed by atoms with E-state index in [-0.39, 0.29) is 6.10 Å². The first-order chi connectivity index (χ1) is 10.5. The zero-order valence-electron chi connectivity index (χ0n) is 12.8. The summed E-state index contributed by atoms with van der Waals surface area (Å²) in [5.74, 6) is 1.49. The van der Waals surface area contributed by atoms with Gasteiger partial charge < -0.3 is 14.8 Å². The van der Waals surface area contributed by atoms with Crippen LogP contribution in [-0.4, -0.2) is 13.2 Å². The van der Waals surface area contributed by atoms with Gasteiger partial charge in [0.15, 0.2) is 11.5 Å². The van der Waals surface area contributed by atoms with Crippen molar-refractivity contribution in [3.8, 4) is 11.5 Å². The number of ether oxygens (including phenoxy) is 2. The molecule has 5 heteroatoms. The lowest BCUT2D eigenvalue weighted by Crippen LogP contribution is -2.08. The number of anilines is 1. The fraction of sp³-hybridized carbons (Fsp3) is 0.294. The van der Waals surface area contributed by atoms with Crippen LogP contribution in [0.3, 0.4) is 0 Å². The number of methoxy groups -OCH3 is 1. The van der Waals surface area contributed by atoms with Crippen molar-refractivity contribution in [2.24, 2.45) is 0 Å². The van der Waals surface area contributed by atoms with E-state index >= 15 is 0 Å². The van der Waals surface area contributed by atoms with E-state index in [0.717, 1.165) is 31.7 Å². The number of hydrogen-bond acceptors (Lipinski definition) is 3. The van der Waals surface area contributed by atoms with Crippen LogP contribution in [0, 0.1) is 0 Å². The molecular formula is C17H19Br2NO2. The minimum Gasteiger partial charge on any atom is -0.493 e. The number of nitrogens with one attached hydrogen (secondary N) is 1. The van der Waals surface area contributed by atoms with Crippen LogP contribution >= 0.6 is 31.9 Å². The average molecular weight is 429 g/mol. The molecule has 0 saturated carbocycles. The molecule has 2 aromatic rings. The molecule has 0 unspecified atom stereocenters. The smallest absolute Gasteiger partial charge is 0.162 e. The molecule has 22 heavy (non-hydrogen) atoms. The normalized spacial score (nSPS) is 10.6. The summed E-state index contributed by atoms with van der Waals surface area (Å²) in [6, 6.07) is 12.0. The van der Waals surface area contributed by atoms with Crippen LogP contribution in [0.5, 0.6) is 11.5 Å². The Balaban J connectivity index is 2.15. The van der Waals surface area contributed by atoms with Gasteiger partial charge in [0.1, 0.15) is 0 Å². The van der Waals surface area contributed by atoms with E-state index in [1.807, 2.05) is 50.2 Å². The lowest BCUT2D eigenvalue weighted by molar-refractivity contribution is 0.230. The van der Waals surface area contributed by atoms with Crippen molar-refractivity contribution in [1.82, 2.24) is 0 Å². The van der Waals surface area contributed by atoms with Gasteiger partial charge in [-0.15, -0.1) is 0 Å². The zero-order chi connectivity index (χ0) is 16.1. The van der Waals surface area contributed by atoms with Gasteiger partial charge in [-0.1, -0.05) is 31.9 Å². The van der Waals surface area contributed by atoms with Crippen LogP contribution in [0.25, 0.3) is 0 Å². The Morgan fingerprint density at radius 2 is 1.73 bits per heavy atom. The predicted molar refractivity (Wildman–Crippen MR) is 97.9 cm³/mol. The largest absolute Gasteiger partial charge is 0.493 e. The summed E-state index contributed by atoms with van der Waals surface area (Å²) in [5.41, 5.74) is 2.17. The highest BCUT2D eigenvalue weighted by Gasteiger charge is 2.11. The van der Waals surface area contributed by atoms with Crippen LogP contribution in [0.1, 0.15) is 19.4 Å². The second-order valence-corrected chi connectivity index (χ2v) is 6.89. The molecule has 0 aliphatic carbocycles. The van der Waals surface area contributed by atoms with Gasteiger partial charge in [0.25, 0.3) is 0 Å². The van der Waals surface area contributed by atoms with Crippen LogP contribution < -0.4 is 14.8 Å². The van der Waals surface area contributed by atoms with Crippen LogP contribution in [0.4, 0.5) is 5.69 Å². The number of rotatable bonds is 6. The van der Waals surface area contributed by atoms with Crippen molar-refractivity contribution >= 4 is 37.5 Å². The summed E-state index contributed by atoms with van der Waals surface area (Å²) < 4.78 is 13.3. The second-order valence-electron chi connectivity index (χ2n) is 5.12. The van der Waals surface area contributed by atoms with Crippen molar-refractivity contribution in [2.45, 2.75) is 26.5 Å². The van der Waals surface area contributed by atoms with Crippen LogP contribution in [0.15, 0.2) is 45.3 Å².